The Morgan fingerprint density at radius 2 is 1.76 bits per heavy atom. The lowest BCUT2D eigenvalue weighted by molar-refractivity contribution is 0.0951. The predicted molar refractivity (Wildman–Crippen MR) is 112 cm³/mol. The van der Waals surface area contributed by atoms with Crippen LogP contribution in [0.25, 0.3) is 0 Å². The van der Waals surface area contributed by atoms with Crippen LogP contribution in [0.15, 0.2) is 67.1 Å². The minimum Gasteiger partial charge on any atom is -0.355 e. The van der Waals surface area contributed by atoms with Gasteiger partial charge in [0.05, 0.1) is 11.3 Å². The second kappa shape index (κ2) is 9.84. The summed E-state index contributed by atoms with van der Waals surface area (Å²) in [7, 11) is 0. The molecule has 3 rings (SSSR count). The molecule has 0 aliphatic rings. The zero-order valence-corrected chi connectivity index (χ0v) is 16.0. The van der Waals surface area contributed by atoms with Crippen LogP contribution in [0.5, 0.6) is 0 Å². The van der Waals surface area contributed by atoms with Crippen LogP contribution in [0, 0.1) is 0 Å². The van der Waals surface area contributed by atoms with Gasteiger partial charge in [-0.25, -0.2) is 9.78 Å². The normalized spacial score (nSPS) is 10.1. The molecule has 0 radical (unpaired) electrons. The van der Waals surface area contributed by atoms with E-state index >= 15 is 0 Å². The SMILES string of the molecule is CCNC(=O)Nc1cc(Nc2ccccc2)c(C(=O)NCc2ccncc2)cn1. The molecule has 3 aromatic rings. The van der Waals surface area contributed by atoms with Crippen LogP contribution >= 0.6 is 0 Å². The molecule has 0 fully saturated rings. The molecule has 0 atom stereocenters. The first kappa shape index (κ1) is 19.8. The third-order valence-corrected chi connectivity index (χ3v) is 3.98. The monoisotopic (exact) mass is 390 g/mol. The van der Waals surface area contributed by atoms with Crippen molar-refractivity contribution in [2.24, 2.45) is 0 Å². The molecular formula is C21H22N6O2. The number of benzene rings is 1. The van der Waals surface area contributed by atoms with E-state index in [1.807, 2.05) is 49.4 Å². The second-order valence-corrected chi connectivity index (χ2v) is 6.13. The summed E-state index contributed by atoms with van der Waals surface area (Å²) in [5.41, 5.74) is 2.65. The van der Waals surface area contributed by atoms with Crippen molar-refractivity contribution in [1.29, 1.82) is 0 Å². The van der Waals surface area contributed by atoms with E-state index in [9.17, 15) is 9.59 Å². The van der Waals surface area contributed by atoms with Crippen LogP contribution in [0.3, 0.4) is 0 Å². The van der Waals surface area contributed by atoms with Gasteiger partial charge in [-0.3, -0.25) is 15.1 Å². The molecule has 0 bridgehead atoms. The van der Waals surface area contributed by atoms with E-state index in [-0.39, 0.29) is 11.9 Å². The smallest absolute Gasteiger partial charge is 0.320 e. The molecule has 0 aliphatic carbocycles. The van der Waals surface area contributed by atoms with Gasteiger partial charge >= 0.3 is 6.03 Å². The number of para-hydroxylation sites is 1. The molecule has 1 aromatic carbocycles. The van der Waals surface area contributed by atoms with Crippen molar-refractivity contribution in [2.75, 3.05) is 17.2 Å². The van der Waals surface area contributed by atoms with E-state index in [4.69, 9.17) is 0 Å². The molecule has 8 nitrogen and oxygen atoms in total. The highest BCUT2D eigenvalue weighted by Gasteiger charge is 2.14. The molecule has 0 saturated heterocycles. The van der Waals surface area contributed by atoms with Crippen molar-refractivity contribution in [2.45, 2.75) is 13.5 Å². The number of carbonyl (C=O) groups is 2. The van der Waals surface area contributed by atoms with Gasteiger partial charge in [-0.15, -0.1) is 0 Å². The van der Waals surface area contributed by atoms with Gasteiger partial charge in [0.2, 0.25) is 0 Å². The van der Waals surface area contributed by atoms with E-state index in [1.54, 1.807) is 18.5 Å². The minimum atomic E-state index is -0.361. The molecule has 4 N–H and O–H groups in total. The van der Waals surface area contributed by atoms with Crippen molar-refractivity contribution in [3.05, 3.63) is 78.2 Å². The number of amides is 3. The topological polar surface area (TPSA) is 108 Å². The fourth-order valence-corrected chi connectivity index (χ4v) is 2.58. The Kier molecular flexibility index (Phi) is 6.72. The van der Waals surface area contributed by atoms with Gasteiger partial charge < -0.3 is 16.0 Å². The van der Waals surface area contributed by atoms with Crippen LogP contribution in [0.1, 0.15) is 22.8 Å². The molecule has 0 aliphatic heterocycles. The fraction of sp³-hybridized carbons (Fsp3) is 0.143. The first-order valence-electron chi connectivity index (χ1n) is 9.19. The second-order valence-electron chi connectivity index (χ2n) is 6.13. The largest absolute Gasteiger partial charge is 0.355 e. The summed E-state index contributed by atoms with van der Waals surface area (Å²) in [4.78, 5) is 32.7. The first-order valence-corrected chi connectivity index (χ1v) is 9.19. The molecule has 0 unspecified atom stereocenters. The van der Waals surface area contributed by atoms with Crippen LogP contribution in [-0.4, -0.2) is 28.5 Å². The Morgan fingerprint density at radius 3 is 2.48 bits per heavy atom. The molecule has 2 heterocycles. The number of aromatic nitrogens is 2. The van der Waals surface area contributed by atoms with Gasteiger partial charge in [-0.1, -0.05) is 18.2 Å². The molecule has 29 heavy (non-hydrogen) atoms. The average Bonchev–Trinajstić information content (AvgIpc) is 2.74. The number of nitrogens with zero attached hydrogens (tertiary/aromatic N) is 2. The lowest BCUT2D eigenvalue weighted by atomic mass is 10.2. The predicted octanol–water partition coefficient (Wildman–Crippen LogP) is 3.29. The number of pyridine rings is 2. The number of nitrogens with one attached hydrogen (secondary N) is 4. The number of carbonyl (C=O) groups excluding carboxylic acids is 2. The highest BCUT2D eigenvalue weighted by molar-refractivity contribution is 6.01. The Morgan fingerprint density at radius 1 is 1.00 bits per heavy atom. The Balaban J connectivity index is 1.81. The molecule has 8 heteroatoms. The van der Waals surface area contributed by atoms with Gasteiger partial charge in [0.25, 0.3) is 5.91 Å². The van der Waals surface area contributed by atoms with Gasteiger partial charge in [0.1, 0.15) is 5.82 Å². The molecular weight excluding hydrogens is 368 g/mol. The summed E-state index contributed by atoms with van der Waals surface area (Å²) in [5, 5.41) is 11.4. The van der Waals surface area contributed by atoms with E-state index in [0.717, 1.165) is 11.3 Å². The number of urea groups is 1. The Hall–Kier alpha value is -3.94. The molecule has 148 valence electrons. The van der Waals surface area contributed by atoms with Crippen LogP contribution < -0.4 is 21.3 Å². The number of anilines is 3. The Labute approximate surface area is 168 Å². The Bertz CT molecular complexity index is 963. The minimum absolute atomic E-state index is 0.280. The third-order valence-electron chi connectivity index (χ3n) is 3.98. The maximum atomic E-state index is 12.8. The van der Waals surface area contributed by atoms with Crippen LogP contribution in [0.4, 0.5) is 22.0 Å². The summed E-state index contributed by atoms with van der Waals surface area (Å²) in [6.07, 6.45) is 4.79. The van der Waals surface area contributed by atoms with E-state index in [0.29, 0.717) is 30.2 Å². The van der Waals surface area contributed by atoms with Crippen molar-refractivity contribution < 1.29 is 9.59 Å². The molecule has 3 amide bonds. The first-order chi connectivity index (χ1) is 14.2. The van der Waals surface area contributed by atoms with Crippen molar-refractivity contribution in [1.82, 2.24) is 20.6 Å². The summed E-state index contributed by atoms with van der Waals surface area (Å²) in [5.74, 6) is 0.0531. The standard InChI is InChI=1S/C21H22N6O2/c1-2-23-21(29)27-19-12-18(26-16-6-4-3-5-7-16)17(14-24-19)20(28)25-13-15-8-10-22-11-9-15/h3-12,14H,2,13H2,1H3,(H,25,28)(H3,23,24,26,27,29). The number of hydrogen-bond donors (Lipinski definition) is 4. The lowest BCUT2D eigenvalue weighted by Crippen LogP contribution is -2.29. The zero-order valence-electron chi connectivity index (χ0n) is 16.0. The maximum absolute atomic E-state index is 12.8. The van der Waals surface area contributed by atoms with E-state index in [2.05, 4.69) is 31.2 Å². The highest BCUT2D eigenvalue weighted by Crippen LogP contribution is 2.23. The van der Waals surface area contributed by atoms with E-state index in [1.165, 1.54) is 6.20 Å². The van der Waals surface area contributed by atoms with Crippen molar-refractivity contribution in [3.8, 4) is 0 Å². The van der Waals surface area contributed by atoms with Gasteiger partial charge in [-0.2, -0.15) is 0 Å². The zero-order chi connectivity index (χ0) is 20.5. The summed E-state index contributed by atoms with van der Waals surface area (Å²) < 4.78 is 0. The van der Waals surface area contributed by atoms with Crippen LogP contribution in [-0.2, 0) is 6.54 Å². The summed E-state index contributed by atoms with van der Waals surface area (Å²) in [6, 6.07) is 14.4. The van der Waals surface area contributed by atoms with Gasteiger partial charge in [0.15, 0.2) is 0 Å². The van der Waals surface area contributed by atoms with Crippen molar-refractivity contribution >= 4 is 29.1 Å². The molecule has 2 aromatic heterocycles. The fourth-order valence-electron chi connectivity index (χ4n) is 2.58. The summed E-state index contributed by atoms with van der Waals surface area (Å²) >= 11 is 0. The average molecular weight is 390 g/mol. The van der Waals surface area contributed by atoms with Crippen molar-refractivity contribution in [3.63, 3.8) is 0 Å². The number of hydrogen-bond acceptors (Lipinski definition) is 5. The quantitative estimate of drug-likeness (QED) is 0.495. The highest BCUT2D eigenvalue weighted by atomic mass is 16.2. The molecule has 0 spiro atoms. The maximum Gasteiger partial charge on any atom is 0.320 e. The lowest BCUT2D eigenvalue weighted by Gasteiger charge is -2.14. The van der Waals surface area contributed by atoms with Crippen LogP contribution in [0.2, 0.25) is 0 Å². The van der Waals surface area contributed by atoms with E-state index < -0.39 is 0 Å². The van der Waals surface area contributed by atoms with Gasteiger partial charge in [-0.05, 0) is 36.8 Å². The third kappa shape index (κ3) is 5.77. The number of rotatable bonds is 7. The van der Waals surface area contributed by atoms with Gasteiger partial charge in [0, 0.05) is 43.4 Å². The molecule has 0 saturated carbocycles. The summed E-state index contributed by atoms with van der Waals surface area (Å²) in [6.45, 7) is 2.69.